The topological polar surface area (TPSA) is 12.0 Å². The maximum atomic E-state index is 3.36. The SMILES string of the molecule is CC1(C)CCC12CNC2. The summed E-state index contributed by atoms with van der Waals surface area (Å²) in [5.41, 5.74) is 1.38. The van der Waals surface area contributed by atoms with Crippen molar-refractivity contribution in [3.05, 3.63) is 0 Å². The second kappa shape index (κ2) is 1.34. The highest BCUT2D eigenvalue weighted by atomic mass is 15.0. The molecule has 0 atom stereocenters. The highest BCUT2D eigenvalue weighted by molar-refractivity contribution is 5.09. The van der Waals surface area contributed by atoms with E-state index in [1.54, 1.807) is 0 Å². The van der Waals surface area contributed by atoms with E-state index in [0.717, 1.165) is 5.41 Å². The van der Waals surface area contributed by atoms with Gasteiger partial charge in [-0.25, -0.2) is 0 Å². The Kier molecular flexibility index (Phi) is 0.852. The van der Waals surface area contributed by atoms with Crippen molar-refractivity contribution in [2.75, 3.05) is 13.1 Å². The molecule has 1 N–H and O–H groups in total. The van der Waals surface area contributed by atoms with Crippen molar-refractivity contribution >= 4 is 0 Å². The third-order valence-corrected chi connectivity index (χ3v) is 3.59. The van der Waals surface area contributed by atoms with Crippen LogP contribution in [0.15, 0.2) is 0 Å². The van der Waals surface area contributed by atoms with E-state index in [4.69, 9.17) is 0 Å². The van der Waals surface area contributed by atoms with Gasteiger partial charge < -0.3 is 5.32 Å². The Morgan fingerprint density at radius 1 is 1.11 bits per heavy atom. The quantitative estimate of drug-likeness (QED) is 0.516. The lowest BCUT2D eigenvalue weighted by molar-refractivity contribution is -0.0923. The summed E-state index contributed by atoms with van der Waals surface area (Å²) in [6, 6.07) is 0. The first-order valence-corrected chi connectivity index (χ1v) is 3.87. The molecule has 0 aromatic rings. The molecule has 0 bridgehead atoms. The van der Waals surface area contributed by atoms with Gasteiger partial charge in [0, 0.05) is 18.5 Å². The van der Waals surface area contributed by atoms with Crippen LogP contribution in [0.2, 0.25) is 0 Å². The third-order valence-electron chi connectivity index (χ3n) is 3.59. The van der Waals surface area contributed by atoms with Crippen LogP contribution in [-0.2, 0) is 0 Å². The minimum Gasteiger partial charge on any atom is -0.315 e. The molecule has 1 aliphatic heterocycles. The summed E-state index contributed by atoms with van der Waals surface area (Å²) in [5, 5.41) is 3.36. The van der Waals surface area contributed by atoms with E-state index < -0.39 is 0 Å². The van der Waals surface area contributed by atoms with Crippen molar-refractivity contribution in [1.82, 2.24) is 5.32 Å². The van der Waals surface area contributed by atoms with E-state index in [1.165, 1.54) is 25.9 Å². The molecule has 0 aromatic heterocycles. The zero-order valence-electron chi connectivity index (χ0n) is 6.33. The molecule has 1 spiro atoms. The van der Waals surface area contributed by atoms with Crippen LogP contribution in [-0.4, -0.2) is 13.1 Å². The average molecular weight is 125 g/mol. The van der Waals surface area contributed by atoms with Crippen LogP contribution in [0.3, 0.4) is 0 Å². The van der Waals surface area contributed by atoms with E-state index in [0.29, 0.717) is 5.41 Å². The zero-order valence-corrected chi connectivity index (χ0v) is 6.33. The van der Waals surface area contributed by atoms with Crippen LogP contribution >= 0.6 is 0 Å². The van der Waals surface area contributed by atoms with Crippen LogP contribution < -0.4 is 5.32 Å². The molecule has 1 saturated heterocycles. The van der Waals surface area contributed by atoms with Crippen LogP contribution in [0.4, 0.5) is 0 Å². The van der Waals surface area contributed by atoms with Crippen molar-refractivity contribution in [1.29, 1.82) is 0 Å². The smallest absolute Gasteiger partial charge is 0.00254 e. The summed E-state index contributed by atoms with van der Waals surface area (Å²) in [6.45, 7) is 7.36. The predicted molar refractivity (Wildman–Crippen MR) is 38.3 cm³/mol. The van der Waals surface area contributed by atoms with Gasteiger partial charge >= 0.3 is 0 Å². The van der Waals surface area contributed by atoms with E-state index in [1.807, 2.05) is 0 Å². The third kappa shape index (κ3) is 0.493. The minimum atomic E-state index is 0.651. The Morgan fingerprint density at radius 3 is 1.78 bits per heavy atom. The molecule has 2 fully saturated rings. The lowest BCUT2D eigenvalue weighted by Gasteiger charge is -2.62. The summed E-state index contributed by atoms with van der Waals surface area (Å²) in [5.74, 6) is 0. The fraction of sp³-hybridized carbons (Fsp3) is 1.00. The summed E-state index contributed by atoms with van der Waals surface area (Å²) in [7, 11) is 0. The maximum absolute atomic E-state index is 3.36. The van der Waals surface area contributed by atoms with E-state index in [2.05, 4.69) is 19.2 Å². The van der Waals surface area contributed by atoms with Crippen molar-refractivity contribution < 1.29 is 0 Å². The molecule has 9 heavy (non-hydrogen) atoms. The van der Waals surface area contributed by atoms with Crippen molar-refractivity contribution in [3.8, 4) is 0 Å². The van der Waals surface area contributed by atoms with Crippen molar-refractivity contribution in [2.24, 2.45) is 10.8 Å². The second-order valence-corrected chi connectivity index (χ2v) is 4.27. The fourth-order valence-electron chi connectivity index (χ4n) is 2.06. The normalized spacial score (nSPS) is 35.3. The number of rotatable bonds is 0. The van der Waals surface area contributed by atoms with Crippen LogP contribution in [0.1, 0.15) is 26.7 Å². The maximum Gasteiger partial charge on any atom is 0.00254 e. The molecule has 0 unspecified atom stereocenters. The molecule has 52 valence electrons. The van der Waals surface area contributed by atoms with Gasteiger partial charge in [0.2, 0.25) is 0 Å². The molecule has 0 radical (unpaired) electrons. The Bertz CT molecular complexity index is 128. The summed E-state index contributed by atoms with van der Waals surface area (Å²) >= 11 is 0. The monoisotopic (exact) mass is 125 g/mol. The first kappa shape index (κ1) is 5.72. The van der Waals surface area contributed by atoms with Gasteiger partial charge in [0.1, 0.15) is 0 Å². The molecular weight excluding hydrogens is 110 g/mol. The summed E-state index contributed by atoms with van der Waals surface area (Å²) in [6.07, 6.45) is 2.90. The molecule has 2 rings (SSSR count). The molecule has 1 heterocycles. The van der Waals surface area contributed by atoms with Gasteiger partial charge in [-0.15, -0.1) is 0 Å². The van der Waals surface area contributed by atoms with Crippen molar-refractivity contribution in [2.45, 2.75) is 26.7 Å². The first-order chi connectivity index (χ1) is 4.16. The van der Waals surface area contributed by atoms with E-state index >= 15 is 0 Å². The van der Waals surface area contributed by atoms with E-state index in [9.17, 15) is 0 Å². The molecule has 1 nitrogen and oxygen atoms in total. The van der Waals surface area contributed by atoms with Gasteiger partial charge in [-0.05, 0) is 18.3 Å². The Balaban J connectivity index is 2.13. The van der Waals surface area contributed by atoms with Gasteiger partial charge in [0.25, 0.3) is 0 Å². The van der Waals surface area contributed by atoms with Gasteiger partial charge in [-0.1, -0.05) is 13.8 Å². The van der Waals surface area contributed by atoms with Gasteiger partial charge in [-0.3, -0.25) is 0 Å². The number of hydrogen-bond donors (Lipinski definition) is 1. The highest BCUT2D eigenvalue weighted by Gasteiger charge is 2.55. The number of nitrogens with one attached hydrogen (secondary N) is 1. The van der Waals surface area contributed by atoms with Gasteiger partial charge in [0.15, 0.2) is 0 Å². The minimum absolute atomic E-state index is 0.651. The van der Waals surface area contributed by atoms with Gasteiger partial charge in [0.05, 0.1) is 0 Å². The molecule has 1 heteroatoms. The van der Waals surface area contributed by atoms with E-state index in [-0.39, 0.29) is 0 Å². The van der Waals surface area contributed by atoms with Crippen LogP contribution in [0, 0.1) is 10.8 Å². The molecule has 1 saturated carbocycles. The molecule has 2 aliphatic rings. The fourth-order valence-corrected chi connectivity index (χ4v) is 2.06. The predicted octanol–water partition coefficient (Wildman–Crippen LogP) is 1.40. The molecule has 0 aromatic carbocycles. The Labute approximate surface area is 56.8 Å². The summed E-state index contributed by atoms with van der Waals surface area (Å²) in [4.78, 5) is 0. The van der Waals surface area contributed by atoms with Gasteiger partial charge in [-0.2, -0.15) is 0 Å². The second-order valence-electron chi connectivity index (χ2n) is 4.27. The van der Waals surface area contributed by atoms with Crippen LogP contribution in [0.25, 0.3) is 0 Å². The Hall–Kier alpha value is -0.0400. The number of hydrogen-bond acceptors (Lipinski definition) is 1. The molecular formula is C8H15N. The summed E-state index contributed by atoms with van der Waals surface area (Å²) < 4.78 is 0. The highest BCUT2D eigenvalue weighted by Crippen LogP contribution is 2.58. The molecule has 1 aliphatic carbocycles. The Morgan fingerprint density at radius 2 is 1.78 bits per heavy atom. The lowest BCUT2D eigenvalue weighted by Crippen LogP contribution is -2.66. The average Bonchev–Trinajstić information content (AvgIpc) is 1.59. The largest absolute Gasteiger partial charge is 0.315 e. The standard InChI is InChI=1S/C8H15N/c1-7(2)3-4-8(7)5-9-6-8/h9H,3-6H2,1-2H3. The lowest BCUT2D eigenvalue weighted by atomic mass is 9.48. The molecule has 0 amide bonds. The zero-order chi connectivity index (χ0) is 6.54. The van der Waals surface area contributed by atoms with Crippen molar-refractivity contribution in [3.63, 3.8) is 0 Å². The van der Waals surface area contributed by atoms with Crippen LogP contribution in [0.5, 0.6) is 0 Å². The first-order valence-electron chi connectivity index (χ1n) is 3.87.